The predicted molar refractivity (Wildman–Crippen MR) is 86.6 cm³/mol. The largest absolute Gasteiger partial charge is 0.381 e. The highest BCUT2D eigenvalue weighted by molar-refractivity contribution is 5.90. The summed E-state index contributed by atoms with van der Waals surface area (Å²) in [6.45, 7) is 3.63. The molecule has 1 saturated heterocycles. The molecule has 0 saturated carbocycles. The molecule has 0 amide bonds. The number of hydrogen-bond donors (Lipinski definition) is 0. The molecule has 0 radical (unpaired) electrons. The summed E-state index contributed by atoms with van der Waals surface area (Å²) in [6.07, 6.45) is 8.40. The van der Waals surface area contributed by atoms with Crippen molar-refractivity contribution in [3.05, 3.63) is 35.9 Å². The third-order valence-electron chi connectivity index (χ3n) is 4.71. The number of rotatable bonds is 8. The maximum atomic E-state index is 12.9. The third-order valence-corrected chi connectivity index (χ3v) is 4.71. The number of carbonyl (C=O) groups is 1. The molecule has 0 aliphatic carbocycles. The number of carbonyl (C=O) groups excluding carboxylic acids is 1. The zero-order valence-corrected chi connectivity index (χ0v) is 13.3. The van der Waals surface area contributed by atoms with Crippen molar-refractivity contribution in [2.45, 2.75) is 63.7 Å². The normalized spacial score (nSPS) is 17.6. The van der Waals surface area contributed by atoms with Gasteiger partial charge in [0, 0.05) is 19.6 Å². The Morgan fingerprint density at radius 2 is 1.71 bits per heavy atom. The van der Waals surface area contributed by atoms with Crippen molar-refractivity contribution in [3.63, 3.8) is 0 Å². The molecule has 0 aromatic heterocycles. The third kappa shape index (κ3) is 4.16. The van der Waals surface area contributed by atoms with Crippen molar-refractivity contribution < 1.29 is 9.53 Å². The maximum Gasteiger partial charge on any atom is 0.143 e. The van der Waals surface area contributed by atoms with Crippen LogP contribution in [0.3, 0.4) is 0 Å². The first-order valence-electron chi connectivity index (χ1n) is 8.46. The van der Waals surface area contributed by atoms with E-state index in [2.05, 4.69) is 19.1 Å². The van der Waals surface area contributed by atoms with Crippen LogP contribution in [0.4, 0.5) is 0 Å². The fourth-order valence-electron chi connectivity index (χ4n) is 3.33. The lowest BCUT2D eigenvalue weighted by Crippen LogP contribution is -2.41. The molecule has 1 fully saturated rings. The molecule has 1 aromatic carbocycles. The second kappa shape index (κ2) is 8.33. The van der Waals surface area contributed by atoms with Crippen LogP contribution in [0, 0.1) is 0 Å². The number of hydrogen-bond acceptors (Lipinski definition) is 2. The number of ketones is 1. The van der Waals surface area contributed by atoms with Gasteiger partial charge in [-0.2, -0.15) is 0 Å². The van der Waals surface area contributed by atoms with E-state index in [4.69, 9.17) is 4.74 Å². The van der Waals surface area contributed by atoms with Gasteiger partial charge in [-0.25, -0.2) is 0 Å². The predicted octanol–water partition coefficient (Wildman–Crippen LogP) is 4.66. The summed E-state index contributed by atoms with van der Waals surface area (Å²) in [6, 6.07) is 10.3. The molecule has 2 nitrogen and oxygen atoms in total. The summed E-state index contributed by atoms with van der Waals surface area (Å²) in [5, 5.41) is 0. The summed E-state index contributed by atoms with van der Waals surface area (Å²) in [5.74, 6) is 0.425. The average Bonchev–Trinajstić information content (AvgIpc) is 2.56. The second-order valence-electron chi connectivity index (χ2n) is 6.15. The minimum atomic E-state index is -0.287. The van der Waals surface area contributed by atoms with Gasteiger partial charge in [0.2, 0.25) is 0 Å². The van der Waals surface area contributed by atoms with E-state index in [-0.39, 0.29) is 5.41 Å². The van der Waals surface area contributed by atoms with Crippen molar-refractivity contribution in [2.24, 2.45) is 0 Å². The molecule has 0 atom stereocenters. The van der Waals surface area contributed by atoms with Crippen molar-refractivity contribution in [2.75, 3.05) is 13.2 Å². The zero-order chi connectivity index (χ0) is 15.0. The van der Waals surface area contributed by atoms with Crippen LogP contribution in [-0.4, -0.2) is 19.0 Å². The molecule has 0 N–H and O–H groups in total. The Bertz CT molecular complexity index is 418. The lowest BCUT2D eigenvalue weighted by Gasteiger charge is -2.36. The summed E-state index contributed by atoms with van der Waals surface area (Å²) in [4.78, 5) is 12.9. The molecular formula is C19H28O2. The molecule has 1 aliphatic rings. The van der Waals surface area contributed by atoms with Crippen LogP contribution < -0.4 is 0 Å². The minimum Gasteiger partial charge on any atom is -0.381 e. The highest BCUT2D eigenvalue weighted by Crippen LogP contribution is 2.37. The van der Waals surface area contributed by atoms with Gasteiger partial charge in [-0.15, -0.1) is 0 Å². The number of benzene rings is 1. The molecule has 1 aromatic rings. The number of Topliss-reactive ketones (excluding diaryl/α,β-unsaturated/α-hetero) is 1. The van der Waals surface area contributed by atoms with Crippen LogP contribution >= 0.6 is 0 Å². The van der Waals surface area contributed by atoms with Gasteiger partial charge < -0.3 is 4.74 Å². The van der Waals surface area contributed by atoms with Gasteiger partial charge in [-0.3, -0.25) is 4.79 Å². The molecule has 1 aliphatic heterocycles. The summed E-state index contributed by atoms with van der Waals surface area (Å²) >= 11 is 0. The Labute approximate surface area is 128 Å². The summed E-state index contributed by atoms with van der Waals surface area (Å²) in [7, 11) is 0. The summed E-state index contributed by atoms with van der Waals surface area (Å²) < 4.78 is 5.50. The SMILES string of the molecule is CCCCCCCC(=O)C1(c2ccccc2)CCOCC1. The standard InChI is InChI=1S/C19H28O2/c1-2-3-4-5-9-12-18(20)19(13-15-21-16-14-19)17-10-7-6-8-11-17/h6-8,10-11H,2-5,9,12-16H2,1H3. The Morgan fingerprint density at radius 3 is 2.38 bits per heavy atom. The quantitative estimate of drug-likeness (QED) is 0.650. The Morgan fingerprint density at radius 1 is 1.05 bits per heavy atom. The van der Waals surface area contributed by atoms with E-state index in [0.717, 1.165) is 25.7 Å². The van der Waals surface area contributed by atoms with Crippen LogP contribution in [-0.2, 0) is 14.9 Å². The van der Waals surface area contributed by atoms with Gasteiger partial charge in [-0.05, 0) is 24.8 Å². The molecule has 0 unspecified atom stereocenters. The molecule has 0 spiro atoms. The topological polar surface area (TPSA) is 26.3 Å². The second-order valence-corrected chi connectivity index (χ2v) is 6.15. The van der Waals surface area contributed by atoms with Crippen molar-refractivity contribution in [3.8, 4) is 0 Å². The minimum absolute atomic E-state index is 0.287. The smallest absolute Gasteiger partial charge is 0.143 e. The van der Waals surface area contributed by atoms with Crippen LogP contribution in [0.2, 0.25) is 0 Å². The van der Waals surface area contributed by atoms with E-state index in [1.165, 1.54) is 31.2 Å². The van der Waals surface area contributed by atoms with Crippen LogP contribution in [0.1, 0.15) is 63.9 Å². The highest BCUT2D eigenvalue weighted by atomic mass is 16.5. The Kier molecular flexibility index (Phi) is 6.44. The lowest BCUT2D eigenvalue weighted by atomic mass is 9.70. The van der Waals surface area contributed by atoms with Gasteiger partial charge in [0.05, 0.1) is 5.41 Å². The van der Waals surface area contributed by atoms with Crippen LogP contribution in [0.25, 0.3) is 0 Å². The average molecular weight is 288 g/mol. The first-order chi connectivity index (χ1) is 10.3. The highest BCUT2D eigenvalue weighted by Gasteiger charge is 2.40. The zero-order valence-electron chi connectivity index (χ0n) is 13.3. The molecule has 0 bridgehead atoms. The van der Waals surface area contributed by atoms with Gasteiger partial charge in [-0.1, -0.05) is 62.9 Å². The number of unbranched alkanes of at least 4 members (excludes halogenated alkanes) is 4. The Hall–Kier alpha value is -1.15. The van der Waals surface area contributed by atoms with Crippen molar-refractivity contribution in [1.82, 2.24) is 0 Å². The van der Waals surface area contributed by atoms with E-state index in [9.17, 15) is 4.79 Å². The fourth-order valence-corrected chi connectivity index (χ4v) is 3.33. The van der Waals surface area contributed by atoms with Crippen LogP contribution in [0.5, 0.6) is 0 Å². The number of ether oxygens (including phenoxy) is 1. The van der Waals surface area contributed by atoms with E-state index < -0.39 is 0 Å². The van der Waals surface area contributed by atoms with Gasteiger partial charge >= 0.3 is 0 Å². The Balaban J connectivity index is 2.01. The fraction of sp³-hybridized carbons (Fsp3) is 0.632. The van der Waals surface area contributed by atoms with Crippen molar-refractivity contribution >= 4 is 5.78 Å². The van der Waals surface area contributed by atoms with E-state index in [1.54, 1.807) is 0 Å². The van der Waals surface area contributed by atoms with E-state index in [1.807, 2.05) is 18.2 Å². The van der Waals surface area contributed by atoms with E-state index in [0.29, 0.717) is 19.0 Å². The van der Waals surface area contributed by atoms with Crippen LogP contribution in [0.15, 0.2) is 30.3 Å². The van der Waals surface area contributed by atoms with Gasteiger partial charge in [0.1, 0.15) is 5.78 Å². The molecule has 1 heterocycles. The van der Waals surface area contributed by atoms with Crippen molar-refractivity contribution in [1.29, 1.82) is 0 Å². The summed E-state index contributed by atoms with van der Waals surface area (Å²) in [5.41, 5.74) is 0.899. The molecule has 116 valence electrons. The van der Waals surface area contributed by atoms with Gasteiger partial charge in [0.25, 0.3) is 0 Å². The molecule has 2 rings (SSSR count). The van der Waals surface area contributed by atoms with Gasteiger partial charge in [0.15, 0.2) is 0 Å². The first-order valence-corrected chi connectivity index (χ1v) is 8.46. The maximum absolute atomic E-state index is 12.9. The first kappa shape index (κ1) is 16.2. The lowest BCUT2D eigenvalue weighted by molar-refractivity contribution is -0.128. The van der Waals surface area contributed by atoms with E-state index >= 15 is 0 Å². The molecular weight excluding hydrogens is 260 g/mol. The molecule has 21 heavy (non-hydrogen) atoms. The molecule has 2 heteroatoms. The monoisotopic (exact) mass is 288 g/mol.